The summed E-state index contributed by atoms with van der Waals surface area (Å²) >= 11 is 5.90. The largest absolute Gasteiger partial charge is 0.497 e. The molecule has 4 rings (SSSR count). The highest BCUT2D eigenvalue weighted by Crippen LogP contribution is 2.27. The molecule has 38 heavy (non-hydrogen) atoms. The third-order valence-corrected chi connectivity index (χ3v) is 5.95. The molecule has 0 bridgehead atoms. The van der Waals surface area contributed by atoms with Crippen molar-refractivity contribution in [1.82, 2.24) is 4.98 Å². The fourth-order valence-electron chi connectivity index (χ4n) is 3.75. The number of benzene rings is 3. The number of ether oxygens (including phenoxy) is 3. The highest BCUT2D eigenvalue weighted by molar-refractivity contribution is 6.31. The van der Waals surface area contributed by atoms with Crippen LogP contribution in [-0.4, -0.2) is 36.4 Å². The molecule has 0 aliphatic carbocycles. The van der Waals surface area contributed by atoms with Crippen LogP contribution in [0.2, 0.25) is 5.02 Å². The fraction of sp³-hybridized carbons (Fsp3) is 0.133. The van der Waals surface area contributed by atoms with Crippen LogP contribution in [0.15, 0.2) is 66.7 Å². The first-order valence-electron chi connectivity index (χ1n) is 11.5. The van der Waals surface area contributed by atoms with Gasteiger partial charge in [-0.3, -0.25) is 0 Å². The summed E-state index contributed by atoms with van der Waals surface area (Å²) in [5.74, 6) is 1.42. The van der Waals surface area contributed by atoms with Crippen molar-refractivity contribution in [3.05, 3.63) is 100.0 Å². The molecule has 1 atom stereocenters. The molecule has 1 aromatic heterocycles. The Morgan fingerprint density at radius 3 is 2.76 bits per heavy atom. The summed E-state index contributed by atoms with van der Waals surface area (Å²) in [4.78, 5) is 16.2. The van der Waals surface area contributed by atoms with Crippen molar-refractivity contribution in [2.24, 2.45) is 0 Å². The van der Waals surface area contributed by atoms with E-state index in [0.717, 1.165) is 11.1 Å². The molecular weight excluding hydrogens is 509 g/mol. The molecule has 0 saturated carbocycles. The van der Waals surface area contributed by atoms with E-state index in [2.05, 4.69) is 10.9 Å². The number of halogens is 2. The number of carboxylic acids is 1. The highest BCUT2D eigenvalue weighted by Gasteiger charge is 2.17. The first kappa shape index (κ1) is 26.7. The molecule has 3 aromatic carbocycles. The normalized spacial score (nSPS) is 11.8. The molecule has 0 aliphatic heterocycles. The van der Waals surface area contributed by atoms with E-state index in [0.29, 0.717) is 22.3 Å². The second kappa shape index (κ2) is 12.2. The maximum atomic E-state index is 13.7. The van der Waals surface area contributed by atoms with Crippen molar-refractivity contribution in [3.8, 4) is 23.8 Å². The second-order valence-electron chi connectivity index (χ2n) is 8.18. The molecule has 0 amide bonds. The number of fused-ring (bicyclic) bond motifs is 1. The van der Waals surface area contributed by atoms with E-state index >= 15 is 0 Å². The predicted octanol–water partition coefficient (Wildman–Crippen LogP) is 6.67. The van der Waals surface area contributed by atoms with Gasteiger partial charge in [-0.05, 0) is 59.7 Å². The van der Waals surface area contributed by atoms with Gasteiger partial charge >= 0.3 is 5.97 Å². The molecule has 6 nitrogen and oxygen atoms in total. The van der Waals surface area contributed by atoms with E-state index in [4.69, 9.17) is 32.2 Å². The summed E-state index contributed by atoms with van der Waals surface area (Å²) in [6.45, 7) is 0.0810. The third kappa shape index (κ3) is 6.48. The lowest BCUT2D eigenvalue weighted by molar-refractivity contribution is 0.0375. The van der Waals surface area contributed by atoms with Gasteiger partial charge in [0.2, 0.25) is 0 Å². The quantitative estimate of drug-likeness (QED) is 0.230. The molecule has 1 heterocycles. The Hall–Kier alpha value is -4.38. The first-order chi connectivity index (χ1) is 18.4. The standard InChI is InChI=1S/C30H23ClFNO5/c1-3-13-37-29(18-38-28-12-11-23(36-2)16-24(28)30(34)35)21-6-4-5-19(14-21)7-9-22-10-8-20-15-26(32)25(31)17-27(20)33-22/h1,4-12,14-17,29H,13,18H2,2H3,(H,34,35)/b9-7+/t29-/m0/s1. The molecule has 0 spiro atoms. The van der Waals surface area contributed by atoms with Crippen molar-refractivity contribution in [2.75, 3.05) is 20.3 Å². The van der Waals surface area contributed by atoms with Gasteiger partial charge in [0.05, 0.1) is 23.3 Å². The van der Waals surface area contributed by atoms with Crippen LogP contribution in [0.3, 0.4) is 0 Å². The molecule has 1 N–H and O–H groups in total. The van der Waals surface area contributed by atoms with E-state index in [-0.39, 0.29) is 29.5 Å². The fourth-order valence-corrected chi connectivity index (χ4v) is 3.91. The van der Waals surface area contributed by atoms with Crippen LogP contribution in [0.4, 0.5) is 4.39 Å². The van der Waals surface area contributed by atoms with Crippen molar-refractivity contribution < 1.29 is 28.5 Å². The highest BCUT2D eigenvalue weighted by atomic mass is 35.5. The van der Waals surface area contributed by atoms with Gasteiger partial charge in [0.25, 0.3) is 0 Å². The molecule has 0 saturated heterocycles. The van der Waals surface area contributed by atoms with Crippen molar-refractivity contribution in [2.45, 2.75) is 6.10 Å². The molecule has 0 aliphatic rings. The van der Waals surface area contributed by atoms with Gasteiger partial charge in [0, 0.05) is 5.39 Å². The van der Waals surface area contributed by atoms with Crippen LogP contribution < -0.4 is 9.47 Å². The monoisotopic (exact) mass is 531 g/mol. The number of carboxylic acid groups (broad SMARTS) is 1. The third-order valence-electron chi connectivity index (χ3n) is 5.66. The molecule has 0 fully saturated rings. The van der Waals surface area contributed by atoms with E-state index in [1.54, 1.807) is 18.2 Å². The van der Waals surface area contributed by atoms with Gasteiger partial charge in [-0.1, -0.05) is 47.9 Å². The summed E-state index contributed by atoms with van der Waals surface area (Å²) in [5, 5.41) is 10.2. The number of pyridine rings is 1. The topological polar surface area (TPSA) is 77.9 Å². The summed E-state index contributed by atoms with van der Waals surface area (Å²) in [6.07, 6.45) is 8.56. The van der Waals surface area contributed by atoms with Crippen LogP contribution >= 0.6 is 11.6 Å². The summed E-state index contributed by atoms with van der Waals surface area (Å²) in [5.41, 5.74) is 2.90. The van der Waals surface area contributed by atoms with Gasteiger partial charge in [0.1, 0.15) is 42.2 Å². The maximum Gasteiger partial charge on any atom is 0.339 e. The van der Waals surface area contributed by atoms with Crippen LogP contribution in [0.25, 0.3) is 23.1 Å². The number of methoxy groups -OCH3 is 1. The van der Waals surface area contributed by atoms with Crippen LogP contribution in [0.1, 0.15) is 33.3 Å². The smallest absolute Gasteiger partial charge is 0.339 e. The maximum absolute atomic E-state index is 13.7. The van der Waals surface area contributed by atoms with Crippen LogP contribution in [-0.2, 0) is 4.74 Å². The number of aromatic nitrogens is 1. The number of aromatic carboxylic acids is 1. The Kier molecular flexibility index (Phi) is 8.59. The number of nitrogens with zero attached hydrogens (tertiary/aromatic N) is 1. The molecule has 8 heteroatoms. The van der Waals surface area contributed by atoms with E-state index in [9.17, 15) is 14.3 Å². The van der Waals surface area contributed by atoms with Crippen molar-refractivity contribution in [3.63, 3.8) is 0 Å². The van der Waals surface area contributed by atoms with Crippen LogP contribution in [0.5, 0.6) is 11.5 Å². The Morgan fingerprint density at radius 1 is 1.16 bits per heavy atom. The van der Waals surface area contributed by atoms with E-state index in [1.807, 2.05) is 36.4 Å². The number of hydrogen-bond acceptors (Lipinski definition) is 5. The molecule has 4 aromatic rings. The molecule has 0 radical (unpaired) electrons. The minimum absolute atomic E-state index is 0.0178. The van der Waals surface area contributed by atoms with Crippen molar-refractivity contribution in [1.29, 1.82) is 0 Å². The van der Waals surface area contributed by atoms with Crippen LogP contribution in [0, 0.1) is 18.2 Å². The minimum atomic E-state index is -1.14. The second-order valence-corrected chi connectivity index (χ2v) is 8.59. The molecular formula is C30H23ClFNO5. The van der Waals surface area contributed by atoms with Gasteiger partial charge in [-0.25, -0.2) is 14.2 Å². The first-order valence-corrected chi connectivity index (χ1v) is 11.9. The summed E-state index contributed by atoms with van der Waals surface area (Å²) in [7, 11) is 1.46. The molecule has 192 valence electrons. The Balaban J connectivity index is 1.54. The SMILES string of the molecule is C#CCO[C@@H](COc1ccc(OC)cc1C(=O)O)c1cccc(/C=C/c2ccc3cc(F)c(Cl)cc3n2)c1. The summed E-state index contributed by atoms with van der Waals surface area (Å²) < 4.78 is 30.5. The lowest BCUT2D eigenvalue weighted by atomic mass is 10.1. The van der Waals surface area contributed by atoms with E-state index < -0.39 is 17.9 Å². The van der Waals surface area contributed by atoms with Gasteiger partial charge in [-0.2, -0.15) is 0 Å². The number of rotatable bonds is 10. The molecule has 0 unspecified atom stereocenters. The number of carbonyl (C=O) groups is 1. The van der Waals surface area contributed by atoms with Gasteiger partial charge in [-0.15, -0.1) is 6.42 Å². The number of hydrogen-bond donors (Lipinski definition) is 1. The Morgan fingerprint density at radius 2 is 2.00 bits per heavy atom. The lowest BCUT2D eigenvalue weighted by Gasteiger charge is -2.19. The Bertz CT molecular complexity index is 1550. The Labute approximate surface area is 224 Å². The zero-order valence-corrected chi connectivity index (χ0v) is 21.1. The summed E-state index contributed by atoms with van der Waals surface area (Å²) in [6, 6.07) is 18.5. The zero-order valence-electron chi connectivity index (χ0n) is 20.4. The van der Waals surface area contributed by atoms with E-state index in [1.165, 1.54) is 31.4 Å². The predicted molar refractivity (Wildman–Crippen MR) is 145 cm³/mol. The average Bonchev–Trinajstić information content (AvgIpc) is 2.92. The average molecular weight is 532 g/mol. The number of terminal acetylenes is 1. The minimum Gasteiger partial charge on any atom is -0.497 e. The van der Waals surface area contributed by atoms with Gasteiger partial charge < -0.3 is 19.3 Å². The van der Waals surface area contributed by atoms with Gasteiger partial charge in [0.15, 0.2) is 0 Å². The zero-order chi connectivity index (χ0) is 27.1. The lowest BCUT2D eigenvalue weighted by Crippen LogP contribution is -2.16. The van der Waals surface area contributed by atoms with Crippen molar-refractivity contribution >= 4 is 40.6 Å².